The zero-order chi connectivity index (χ0) is 24.6. The van der Waals surface area contributed by atoms with E-state index in [2.05, 4.69) is 82.4 Å². The van der Waals surface area contributed by atoms with E-state index in [1.807, 2.05) is 0 Å². The van der Waals surface area contributed by atoms with E-state index in [9.17, 15) is 4.79 Å². The number of carbonyl (C=O) groups is 1. The van der Waals surface area contributed by atoms with Crippen molar-refractivity contribution in [1.29, 1.82) is 0 Å². The number of aryl methyl sites for hydroxylation is 2. The number of hydrogen-bond acceptors (Lipinski definition) is 1. The number of benzene rings is 2. The molecule has 0 radical (unpaired) electrons. The average molecular weight is 473 g/mol. The molecule has 1 nitrogen and oxygen atoms in total. The van der Waals surface area contributed by atoms with Crippen molar-refractivity contribution in [3.05, 3.63) is 81.9 Å². The molecule has 0 saturated heterocycles. The van der Waals surface area contributed by atoms with Crippen LogP contribution in [-0.2, 0) is 17.6 Å². The Labute approximate surface area is 207 Å². The fourth-order valence-corrected chi connectivity index (χ4v) is 7.91. The summed E-state index contributed by atoms with van der Waals surface area (Å²) in [5.74, 6) is 10.5. The first-order chi connectivity index (χ1) is 16.1. The molecule has 0 saturated carbocycles. The van der Waals surface area contributed by atoms with E-state index in [-0.39, 0.29) is 5.92 Å². The normalized spacial score (nSPS) is 17.4. The lowest BCUT2D eigenvalue weighted by molar-refractivity contribution is -0.122. The van der Waals surface area contributed by atoms with Crippen molar-refractivity contribution in [3.63, 3.8) is 0 Å². The summed E-state index contributed by atoms with van der Waals surface area (Å²) < 4.78 is 0. The van der Waals surface area contributed by atoms with Gasteiger partial charge in [0.05, 0.1) is 0 Å². The van der Waals surface area contributed by atoms with Crippen LogP contribution in [0.25, 0.3) is 5.57 Å². The van der Waals surface area contributed by atoms with Crippen molar-refractivity contribution in [2.24, 2.45) is 11.8 Å². The molecular formula is C32H40OS. The first kappa shape index (κ1) is 24.8. The molecule has 0 fully saturated rings. The van der Waals surface area contributed by atoms with E-state index in [1.54, 1.807) is 0 Å². The Hall–Kier alpha value is -2.32. The van der Waals surface area contributed by atoms with Crippen molar-refractivity contribution in [3.8, 4) is 0 Å². The summed E-state index contributed by atoms with van der Waals surface area (Å²) >= 11 is 0. The second kappa shape index (κ2) is 9.74. The predicted molar refractivity (Wildman–Crippen MR) is 153 cm³/mol. The molecule has 0 heterocycles. The molecule has 0 unspecified atom stereocenters. The van der Waals surface area contributed by atoms with Gasteiger partial charge in [-0.2, -0.15) is 9.21 Å². The average Bonchev–Trinajstić information content (AvgIpc) is 3.27. The Morgan fingerprint density at radius 3 is 2.38 bits per heavy atom. The van der Waals surface area contributed by atoms with Crippen molar-refractivity contribution in [1.82, 2.24) is 0 Å². The highest BCUT2D eigenvalue weighted by atomic mass is 32.2. The van der Waals surface area contributed by atoms with Gasteiger partial charge in [0.1, 0.15) is 5.78 Å². The van der Waals surface area contributed by atoms with Crippen LogP contribution in [-0.4, -0.2) is 23.3 Å². The molecule has 2 aromatic rings. The van der Waals surface area contributed by atoms with Gasteiger partial charge in [-0.3, -0.25) is 4.79 Å². The second-order valence-electron chi connectivity index (χ2n) is 10.7. The molecule has 2 aromatic carbocycles. The smallest absolute Gasteiger partial charge is 0.141 e. The summed E-state index contributed by atoms with van der Waals surface area (Å²) in [5.41, 5.74) is 10.6. The minimum atomic E-state index is -1.56. The highest BCUT2D eigenvalue weighted by Gasteiger charge is 2.30. The minimum absolute atomic E-state index is 0.0250. The van der Waals surface area contributed by atoms with Gasteiger partial charge < -0.3 is 0 Å². The second-order valence-corrected chi connectivity index (χ2v) is 13.6. The third-order valence-corrected chi connectivity index (χ3v) is 10.2. The molecule has 0 aromatic heterocycles. The lowest BCUT2D eigenvalue weighted by atomic mass is 9.78. The summed E-state index contributed by atoms with van der Waals surface area (Å²) in [5, 5.41) is 0. The van der Waals surface area contributed by atoms with E-state index in [0.717, 1.165) is 31.4 Å². The Kier molecular flexibility index (Phi) is 7.10. The minimum Gasteiger partial charge on any atom is -0.299 e. The largest absolute Gasteiger partial charge is 0.299 e. The van der Waals surface area contributed by atoms with Crippen molar-refractivity contribution in [2.45, 2.75) is 71.1 Å². The lowest BCUT2D eigenvalue weighted by Gasteiger charge is -2.28. The zero-order valence-electron chi connectivity index (χ0n) is 21.5. The monoisotopic (exact) mass is 472 g/mol. The number of allylic oxidation sites excluding steroid dienone is 3. The summed E-state index contributed by atoms with van der Waals surface area (Å²) in [6, 6.07) is 13.1. The summed E-state index contributed by atoms with van der Waals surface area (Å²) in [6.07, 6.45) is 5.86. The molecular weight excluding hydrogens is 432 g/mol. The highest BCUT2D eigenvalue weighted by Crippen LogP contribution is 2.45. The van der Waals surface area contributed by atoms with Crippen molar-refractivity contribution >= 4 is 32.3 Å². The van der Waals surface area contributed by atoms with E-state index in [4.69, 9.17) is 0 Å². The quantitative estimate of drug-likeness (QED) is 0.357. The molecule has 2 heteroatoms. The standard InChI is InChI=1S/C32H40OS/c1-8-23(4)30(20-34(6,7)27-14-12-21(2)13-15-27)31(33)19-26-17-22(3)16-25-18-24(5)28-10-9-11-29(28)32(25)26/h12-17,23,30H,5-11,18-20H2,1-4H3/t23-,30+/m1/s1. The molecule has 0 bridgehead atoms. The van der Waals surface area contributed by atoms with E-state index in [0.29, 0.717) is 18.1 Å². The predicted octanol–water partition coefficient (Wildman–Crippen LogP) is 7.85. The van der Waals surface area contributed by atoms with Gasteiger partial charge in [-0.15, -0.1) is 0 Å². The Morgan fingerprint density at radius 1 is 1.03 bits per heavy atom. The molecule has 0 amide bonds. The third-order valence-electron chi connectivity index (χ3n) is 7.92. The Bertz CT molecular complexity index is 1250. The first-order valence-electron chi connectivity index (χ1n) is 12.7. The van der Waals surface area contributed by atoms with E-state index >= 15 is 0 Å². The molecule has 180 valence electrons. The number of rotatable bonds is 8. The van der Waals surface area contributed by atoms with Crippen molar-refractivity contribution < 1.29 is 4.79 Å². The van der Waals surface area contributed by atoms with Gasteiger partial charge in [-0.05, 0) is 102 Å². The Balaban J connectivity index is 1.67. The molecule has 34 heavy (non-hydrogen) atoms. The number of fused-ring (bicyclic) bond motifs is 2. The zero-order valence-corrected chi connectivity index (χ0v) is 22.3. The van der Waals surface area contributed by atoms with Crippen LogP contribution in [0.5, 0.6) is 0 Å². The molecule has 2 atom stereocenters. The highest BCUT2D eigenvalue weighted by molar-refractivity contribution is 8.27. The molecule has 2 aliphatic rings. The van der Waals surface area contributed by atoms with Crippen molar-refractivity contribution in [2.75, 3.05) is 5.75 Å². The maximum absolute atomic E-state index is 14.0. The summed E-state index contributed by atoms with van der Waals surface area (Å²) in [4.78, 5) is 15.1. The van der Waals surface area contributed by atoms with Gasteiger partial charge >= 0.3 is 0 Å². The number of hydrogen-bond donors (Lipinski definition) is 0. The first-order valence-corrected chi connectivity index (χ1v) is 14.8. The van der Waals surface area contributed by atoms with Crippen LogP contribution in [0.15, 0.2) is 59.0 Å². The molecule has 4 rings (SSSR count). The fraction of sp³-hybridized carbons (Fsp3) is 0.406. The molecule has 0 aliphatic heterocycles. The maximum atomic E-state index is 14.0. The third kappa shape index (κ3) is 4.89. The SMILES string of the molecule is C=C1Cc2cc(C)cc(CC(=O)[C@@H](CS(=C)(=C)c3ccc(C)cc3)[C@H](C)CC)c2C2=C1CCC2. The summed E-state index contributed by atoms with van der Waals surface area (Å²) in [6.45, 7) is 13.0. The topological polar surface area (TPSA) is 17.1 Å². The molecule has 0 spiro atoms. The maximum Gasteiger partial charge on any atom is 0.141 e. The van der Waals surface area contributed by atoms with Gasteiger partial charge in [-0.1, -0.05) is 74.0 Å². The van der Waals surface area contributed by atoms with Gasteiger partial charge in [-0.25, -0.2) is 0 Å². The van der Waals surface area contributed by atoms with Gasteiger partial charge in [0.2, 0.25) is 0 Å². The van der Waals surface area contributed by atoms with Crippen LogP contribution >= 0.6 is 9.21 Å². The fourth-order valence-electron chi connectivity index (χ4n) is 5.80. The van der Waals surface area contributed by atoms with E-state index < -0.39 is 9.21 Å². The van der Waals surface area contributed by atoms with Crippen LogP contribution in [0.3, 0.4) is 0 Å². The van der Waals surface area contributed by atoms with E-state index in [1.165, 1.54) is 55.9 Å². The van der Waals surface area contributed by atoms with Gasteiger partial charge in [0.15, 0.2) is 0 Å². The molecule has 0 N–H and O–H groups in total. The van der Waals surface area contributed by atoms with Crippen LogP contribution in [0.1, 0.15) is 67.3 Å². The lowest BCUT2D eigenvalue weighted by Crippen LogP contribution is -2.27. The molecule has 2 aliphatic carbocycles. The van der Waals surface area contributed by atoms with Crippen LogP contribution in [0, 0.1) is 25.7 Å². The van der Waals surface area contributed by atoms with Crippen LogP contribution < -0.4 is 0 Å². The van der Waals surface area contributed by atoms with Crippen LogP contribution in [0.2, 0.25) is 0 Å². The Morgan fingerprint density at radius 2 is 1.71 bits per heavy atom. The number of carbonyl (C=O) groups excluding carboxylic acids is 1. The summed E-state index contributed by atoms with van der Waals surface area (Å²) in [7, 11) is -1.56. The number of Topliss-reactive ketones (excluding diaryl/α,β-unsaturated/α-hetero) is 1. The number of ketones is 1. The van der Waals surface area contributed by atoms with Gasteiger partial charge in [0, 0.05) is 12.3 Å². The van der Waals surface area contributed by atoms with Gasteiger partial charge in [0.25, 0.3) is 0 Å². The van der Waals surface area contributed by atoms with Crippen LogP contribution in [0.4, 0.5) is 0 Å².